The number of hydrogen-bond acceptors (Lipinski definition) is 6. The fourth-order valence-corrected chi connectivity index (χ4v) is 8.47. The fourth-order valence-electron chi connectivity index (χ4n) is 8.47. The summed E-state index contributed by atoms with van der Waals surface area (Å²) in [5.74, 6) is -0.0598. The molecule has 0 radical (unpaired) electrons. The third kappa shape index (κ3) is 7.24. The average molecular weight is 783 g/mol. The molecule has 1 saturated heterocycles. The highest BCUT2D eigenvalue weighted by Crippen LogP contribution is 2.44. The monoisotopic (exact) mass is 782 g/mol. The van der Waals surface area contributed by atoms with Crippen LogP contribution in [-0.4, -0.2) is 84.4 Å². The zero-order valence-electron chi connectivity index (χ0n) is 34.1. The van der Waals surface area contributed by atoms with Gasteiger partial charge in [0.05, 0.1) is 0 Å². The Bertz CT molecular complexity index is 2560. The second kappa shape index (κ2) is 15.2. The van der Waals surface area contributed by atoms with E-state index in [0.29, 0.717) is 17.4 Å². The summed E-state index contributed by atoms with van der Waals surface area (Å²) >= 11 is 0. The first-order valence-corrected chi connectivity index (χ1v) is 20.4. The number of anilines is 2. The minimum Gasteiger partial charge on any atom is -0.378 e. The van der Waals surface area contributed by atoms with Gasteiger partial charge in [0, 0.05) is 105 Å². The molecule has 1 saturated carbocycles. The standard InChI is InChI=1S/C25H26N4O.C24H24N4O/c1-29(2)20-10-6-9-18(15-20)25(17-7-4-3-5-8-17)14-13-21-22(16-25)27-28-23(21)24(30)26-19-11-12-19;1-27(2)19-10-6-9-18(15-19)24(17-7-4-3-5-8-17)12-11-20-21(16-24)25-26-22(20)23(29)28-13-14-28/h3-10,13-15,19H,11-12,16H2,1-2H3,(H,26,30)(H,27,28);3-12,15H,13-14,16H2,1-2H3,(H,25,26). The minimum absolute atomic E-state index is 0.0222. The Morgan fingerprint density at radius 1 is 0.627 bits per heavy atom. The highest BCUT2D eigenvalue weighted by atomic mass is 16.2. The molecular formula is C49H50N8O2. The molecule has 298 valence electrons. The van der Waals surface area contributed by atoms with Crippen LogP contribution in [0.4, 0.5) is 11.4 Å². The van der Waals surface area contributed by atoms with Gasteiger partial charge in [-0.25, -0.2) is 0 Å². The summed E-state index contributed by atoms with van der Waals surface area (Å²) in [6.45, 7) is 1.66. The highest BCUT2D eigenvalue weighted by molar-refractivity contribution is 5.98. The molecule has 2 atom stereocenters. The van der Waals surface area contributed by atoms with Crippen molar-refractivity contribution in [3.05, 3.63) is 178 Å². The van der Waals surface area contributed by atoms with Gasteiger partial charge >= 0.3 is 0 Å². The molecule has 0 spiro atoms. The molecule has 59 heavy (non-hydrogen) atoms. The number of carbonyl (C=O) groups excluding carboxylic acids is 2. The number of H-pyrrole nitrogens is 2. The second-order valence-corrected chi connectivity index (χ2v) is 16.6. The lowest BCUT2D eigenvalue weighted by Crippen LogP contribution is -2.31. The van der Waals surface area contributed by atoms with Crippen LogP contribution in [0.3, 0.4) is 0 Å². The molecular weight excluding hydrogens is 733 g/mol. The van der Waals surface area contributed by atoms with Crippen molar-refractivity contribution in [1.82, 2.24) is 30.6 Å². The van der Waals surface area contributed by atoms with Crippen LogP contribution in [0.15, 0.2) is 121 Å². The van der Waals surface area contributed by atoms with Crippen molar-refractivity contribution in [2.45, 2.75) is 42.6 Å². The molecule has 3 heterocycles. The normalized spacial score (nSPS) is 19.8. The van der Waals surface area contributed by atoms with E-state index in [-0.39, 0.29) is 22.6 Å². The topological polar surface area (TPSA) is 113 Å². The number of aromatic nitrogens is 4. The first-order valence-electron chi connectivity index (χ1n) is 20.4. The molecule has 2 aromatic heterocycles. The first kappa shape index (κ1) is 37.9. The third-order valence-electron chi connectivity index (χ3n) is 12.1. The second-order valence-electron chi connectivity index (χ2n) is 16.6. The number of allylic oxidation sites excluding steroid dienone is 2. The molecule has 4 aromatic carbocycles. The van der Waals surface area contributed by atoms with Crippen LogP contribution < -0.4 is 15.1 Å². The molecule has 6 aromatic rings. The van der Waals surface area contributed by atoms with Gasteiger partial charge in [-0.05, 0) is 59.4 Å². The van der Waals surface area contributed by atoms with Crippen LogP contribution in [0.25, 0.3) is 12.2 Å². The van der Waals surface area contributed by atoms with Gasteiger partial charge in [-0.1, -0.05) is 109 Å². The van der Waals surface area contributed by atoms with Crippen LogP contribution in [0.5, 0.6) is 0 Å². The summed E-state index contributed by atoms with van der Waals surface area (Å²) in [5, 5.41) is 18.1. The quantitative estimate of drug-likeness (QED) is 0.132. The molecule has 10 heteroatoms. The molecule has 3 aliphatic carbocycles. The predicted molar refractivity (Wildman–Crippen MR) is 235 cm³/mol. The van der Waals surface area contributed by atoms with Crippen molar-refractivity contribution in [1.29, 1.82) is 0 Å². The number of nitrogens with zero attached hydrogens (tertiary/aromatic N) is 5. The third-order valence-corrected chi connectivity index (χ3v) is 12.1. The molecule has 10 nitrogen and oxygen atoms in total. The number of rotatable bonds is 9. The van der Waals surface area contributed by atoms with Crippen LogP contribution >= 0.6 is 0 Å². The van der Waals surface area contributed by atoms with Crippen LogP contribution in [0, 0.1) is 0 Å². The van der Waals surface area contributed by atoms with Gasteiger partial charge in [0.15, 0.2) is 11.4 Å². The van der Waals surface area contributed by atoms with Gasteiger partial charge < -0.3 is 20.0 Å². The Kier molecular flexibility index (Phi) is 9.79. The molecule has 4 aliphatic rings. The maximum absolute atomic E-state index is 12.6. The van der Waals surface area contributed by atoms with Crippen molar-refractivity contribution < 1.29 is 9.59 Å². The molecule has 2 unspecified atom stereocenters. The Balaban J connectivity index is 0.000000152. The summed E-state index contributed by atoms with van der Waals surface area (Å²) in [6, 6.07) is 38.8. The van der Waals surface area contributed by atoms with E-state index in [0.717, 1.165) is 67.0 Å². The maximum atomic E-state index is 12.6. The highest BCUT2D eigenvalue weighted by Gasteiger charge is 2.40. The summed E-state index contributed by atoms with van der Waals surface area (Å²) in [7, 11) is 8.23. The Hall–Kier alpha value is -6.68. The lowest BCUT2D eigenvalue weighted by atomic mass is 9.68. The van der Waals surface area contributed by atoms with E-state index in [1.54, 1.807) is 0 Å². The molecule has 0 bridgehead atoms. The SMILES string of the molecule is CN(C)c1cccc(C2(c3ccccc3)C=Cc3c(C(=O)N4CC4)n[nH]c3C2)c1.CN(C)c1cccc(C2(c3ccccc3)C=Cc3c(C(=O)NC4CC4)n[nH]c3C2)c1. The van der Waals surface area contributed by atoms with Crippen molar-refractivity contribution in [2.75, 3.05) is 51.1 Å². The van der Waals surface area contributed by atoms with Crippen molar-refractivity contribution in [3.63, 3.8) is 0 Å². The number of hydrogen-bond donors (Lipinski definition) is 3. The van der Waals surface area contributed by atoms with Crippen LogP contribution in [-0.2, 0) is 23.7 Å². The summed E-state index contributed by atoms with van der Waals surface area (Å²) in [4.78, 5) is 31.2. The van der Waals surface area contributed by atoms with Gasteiger partial charge in [0.2, 0.25) is 0 Å². The van der Waals surface area contributed by atoms with E-state index in [2.05, 4.69) is 185 Å². The van der Waals surface area contributed by atoms with E-state index in [4.69, 9.17) is 0 Å². The van der Waals surface area contributed by atoms with Crippen LogP contribution in [0.1, 0.15) is 78.6 Å². The van der Waals surface area contributed by atoms with E-state index in [1.165, 1.54) is 27.9 Å². The number of benzene rings is 4. The number of nitrogens with one attached hydrogen (secondary N) is 3. The molecule has 2 fully saturated rings. The smallest absolute Gasteiger partial charge is 0.275 e. The van der Waals surface area contributed by atoms with E-state index in [9.17, 15) is 9.59 Å². The summed E-state index contributed by atoms with van der Waals surface area (Å²) < 4.78 is 0. The van der Waals surface area contributed by atoms with Gasteiger partial charge in [0.1, 0.15) is 0 Å². The zero-order chi connectivity index (χ0) is 40.7. The summed E-state index contributed by atoms with van der Waals surface area (Å²) in [6.07, 6.45) is 12.2. The van der Waals surface area contributed by atoms with E-state index < -0.39 is 0 Å². The number of fused-ring (bicyclic) bond motifs is 2. The fraction of sp³-hybridized carbons (Fsp3) is 0.265. The maximum Gasteiger partial charge on any atom is 0.275 e. The van der Waals surface area contributed by atoms with Crippen LogP contribution in [0.2, 0.25) is 0 Å². The van der Waals surface area contributed by atoms with Gasteiger partial charge in [-0.3, -0.25) is 19.8 Å². The lowest BCUT2D eigenvalue weighted by Gasteiger charge is -2.35. The Morgan fingerprint density at radius 2 is 1.08 bits per heavy atom. The van der Waals surface area contributed by atoms with E-state index >= 15 is 0 Å². The predicted octanol–water partition coefficient (Wildman–Crippen LogP) is 7.41. The molecule has 2 amide bonds. The number of aromatic amines is 2. The molecule has 1 aliphatic heterocycles. The lowest BCUT2D eigenvalue weighted by molar-refractivity contribution is 0.0879. The number of carbonyl (C=O) groups is 2. The van der Waals surface area contributed by atoms with Gasteiger partial charge in [-0.15, -0.1) is 0 Å². The number of amides is 2. The van der Waals surface area contributed by atoms with Crippen molar-refractivity contribution >= 4 is 35.3 Å². The minimum atomic E-state index is -0.322. The van der Waals surface area contributed by atoms with Gasteiger partial charge in [0.25, 0.3) is 11.8 Å². The average Bonchev–Trinajstić information content (AvgIpc) is 4.21. The Morgan fingerprint density at radius 3 is 1.54 bits per heavy atom. The van der Waals surface area contributed by atoms with Gasteiger partial charge in [-0.2, -0.15) is 10.2 Å². The largest absolute Gasteiger partial charge is 0.378 e. The molecule has 3 N–H and O–H groups in total. The van der Waals surface area contributed by atoms with E-state index in [1.807, 2.05) is 17.0 Å². The summed E-state index contributed by atoms with van der Waals surface area (Å²) in [5.41, 5.74) is 11.5. The molecule has 10 rings (SSSR count). The Labute approximate surface area is 345 Å². The first-order chi connectivity index (χ1) is 28.6. The zero-order valence-corrected chi connectivity index (χ0v) is 34.1. The van der Waals surface area contributed by atoms with Crippen molar-refractivity contribution in [3.8, 4) is 0 Å². The van der Waals surface area contributed by atoms with Crippen molar-refractivity contribution in [2.24, 2.45) is 0 Å².